The van der Waals surface area contributed by atoms with Gasteiger partial charge in [0.15, 0.2) is 6.10 Å². The Kier molecular flexibility index (Phi) is 6.90. The van der Waals surface area contributed by atoms with E-state index in [1.54, 1.807) is 6.92 Å². The number of ether oxygens (including phenoxy) is 1. The maximum Gasteiger partial charge on any atom is 0.534 e. The minimum Gasteiger partial charge on any atom is -0.449 e. The van der Waals surface area contributed by atoms with Crippen LogP contribution in [0.2, 0.25) is 0 Å². The van der Waals surface area contributed by atoms with Crippen molar-refractivity contribution >= 4 is 26.9 Å². The lowest BCUT2D eigenvalue weighted by Crippen LogP contribution is -2.33. The summed E-state index contributed by atoms with van der Waals surface area (Å²) in [6.07, 6.45) is -6.68. The Balaban J connectivity index is 2.24. The van der Waals surface area contributed by atoms with Gasteiger partial charge < -0.3 is 8.92 Å². The molecule has 0 bridgehead atoms. The van der Waals surface area contributed by atoms with Gasteiger partial charge in [0.1, 0.15) is 5.75 Å². The summed E-state index contributed by atoms with van der Waals surface area (Å²) >= 11 is 0. The molecule has 0 aliphatic rings. The van der Waals surface area contributed by atoms with Gasteiger partial charge in [0.05, 0.1) is 5.56 Å². The number of carbonyl (C=O) groups is 1. The summed E-state index contributed by atoms with van der Waals surface area (Å²) in [5, 5.41) is 0.443. The van der Waals surface area contributed by atoms with Gasteiger partial charge in [-0.25, -0.2) is 4.79 Å². The maximum absolute atomic E-state index is 13.0. The highest BCUT2D eigenvalue weighted by molar-refractivity contribution is 7.88. The van der Waals surface area contributed by atoms with E-state index in [0.717, 1.165) is 24.3 Å². The average Bonchev–Trinajstić information content (AvgIpc) is 2.62. The molecule has 30 heavy (non-hydrogen) atoms. The van der Waals surface area contributed by atoms with E-state index in [4.69, 9.17) is 0 Å². The second-order valence-corrected chi connectivity index (χ2v) is 7.82. The number of hydrogen-bond donors (Lipinski definition) is 0. The summed E-state index contributed by atoms with van der Waals surface area (Å²) in [4.78, 5) is 12.1. The molecule has 0 amide bonds. The quantitative estimate of drug-likeness (QED) is 0.242. The van der Waals surface area contributed by atoms with Crippen molar-refractivity contribution in [2.24, 2.45) is 0 Å². The zero-order valence-corrected chi connectivity index (χ0v) is 16.2. The van der Waals surface area contributed by atoms with E-state index in [-0.39, 0.29) is 29.2 Å². The van der Waals surface area contributed by atoms with E-state index in [9.17, 15) is 39.6 Å². The second kappa shape index (κ2) is 8.70. The van der Waals surface area contributed by atoms with Crippen LogP contribution >= 0.6 is 0 Å². The molecular formula is C18H16F6O5S. The van der Waals surface area contributed by atoms with Crippen LogP contribution in [-0.2, 0) is 14.9 Å². The Morgan fingerprint density at radius 1 is 1.00 bits per heavy atom. The monoisotopic (exact) mass is 458 g/mol. The third-order valence-corrected chi connectivity index (χ3v) is 4.95. The first-order valence-corrected chi connectivity index (χ1v) is 9.97. The molecule has 0 spiro atoms. The number of alkyl halides is 6. The highest BCUT2D eigenvalue weighted by atomic mass is 32.2. The number of esters is 1. The SMILES string of the molecule is CCCC[C@@H](OC(=O)c1ccc2cc(OS(=O)(=O)C(F)(F)F)ccc2c1)C(F)(F)F. The first-order valence-electron chi connectivity index (χ1n) is 8.57. The molecule has 0 unspecified atom stereocenters. The Hall–Kier alpha value is -2.50. The highest BCUT2D eigenvalue weighted by Gasteiger charge is 2.48. The summed E-state index contributed by atoms with van der Waals surface area (Å²) in [6.45, 7) is 1.69. The minimum absolute atomic E-state index is 0.194. The van der Waals surface area contributed by atoms with Crippen LogP contribution in [0.3, 0.4) is 0 Å². The number of carbonyl (C=O) groups excluding carboxylic acids is 1. The Labute approximate surface area is 167 Å². The lowest BCUT2D eigenvalue weighted by molar-refractivity contribution is -0.206. The molecule has 5 nitrogen and oxygen atoms in total. The molecule has 0 N–H and O–H groups in total. The lowest BCUT2D eigenvalue weighted by Gasteiger charge is -2.20. The minimum atomic E-state index is -5.86. The molecule has 0 fully saturated rings. The van der Waals surface area contributed by atoms with Crippen LogP contribution < -0.4 is 4.18 Å². The molecule has 0 radical (unpaired) electrons. The third kappa shape index (κ3) is 5.77. The van der Waals surface area contributed by atoms with Gasteiger partial charge in [-0.2, -0.15) is 34.8 Å². The zero-order chi connectivity index (χ0) is 22.7. The van der Waals surface area contributed by atoms with Crippen molar-refractivity contribution in [3.8, 4) is 5.75 Å². The predicted molar refractivity (Wildman–Crippen MR) is 94.3 cm³/mol. The van der Waals surface area contributed by atoms with E-state index >= 15 is 0 Å². The number of rotatable bonds is 7. The molecule has 1 atom stereocenters. The Morgan fingerprint density at radius 2 is 1.60 bits per heavy atom. The summed E-state index contributed by atoms with van der Waals surface area (Å²) in [5.41, 5.74) is -5.81. The van der Waals surface area contributed by atoms with E-state index in [1.807, 2.05) is 0 Å². The summed E-state index contributed by atoms with van der Waals surface area (Å²) < 4.78 is 107. The maximum atomic E-state index is 13.0. The van der Waals surface area contributed by atoms with Crippen LogP contribution in [0.5, 0.6) is 5.75 Å². The first kappa shape index (κ1) is 23.8. The van der Waals surface area contributed by atoms with Gasteiger partial charge in [0.2, 0.25) is 0 Å². The van der Waals surface area contributed by atoms with Gasteiger partial charge in [-0.15, -0.1) is 0 Å². The molecule has 2 rings (SSSR count). The van der Waals surface area contributed by atoms with Crippen LogP contribution in [0.1, 0.15) is 36.5 Å². The fourth-order valence-electron chi connectivity index (χ4n) is 2.45. The van der Waals surface area contributed by atoms with Crippen molar-refractivity contribution < 1.29 is 48.5 Å². The topological polar surface area (TPSA) is 69.7 Å². The standard InChI is InChI=1S/C18H16F6O5S/c1-2-3-4-15(17(19,20)21)28-16(25)13-6-5-12-10-14(8-7-11(12)9-13)29-30(26,27)18(22,23)24/h5-10,15H,2-4H2,1H3/t15-/m1/s1. The normalized spacial score (nSPS) is 13.8. The molecule has 0 heterocycles. The fraction of sp³-hybridized carbons (Fsp3) is 0.389. The van der Waals surface area contributed by atoms with E-state index < -0.39 is 39.6 Å². The number of hydrogen-bond acceptors (Lipinski definition) is 5. The molecular weight excluding hydrogens is 442 g/mol. The summed E-state index contributed by atoms with van der Waals surface area (Å²) in [6, 6.07) is 6.56. The molecule has 0 aliphatic carbocycles. The molecule has 2 aromatic carbocycles. The van der Waals surface area contributed by atoms with Crippen molar-refractivity contribution in [3.05, 3.63) is 42.0 Å². The number of fused-ring (bicyclic) bond motifs is 1. The Morgan fingerprint density at radius 3 is 2.17 bits per heavy atom. The van der Waals surface area contributed by atoms with Crippen LogP contribution in [0.25, 0.3) is 10.8 Å². The molecule has 12 heteroatoms. The molecule has 2 aromatic rings. The van der Waals surface area contributed by atoms with Gasteiger partial charge in [-0.1, -0.05) is 25.5 Å². The van der Waals surface area contributed by atoms with E-state index in [1.165, 1.54) is 12.1 Å². The molecule has 0 saturated heterocycles. The Bertz CT molecular complexity index is 1010. The van der Waals surface area contributed by atoms with E-state index in [0.29, 0.717) is 6.42 Å². The van der Waals surface area contributed by atoms with Crippen molar-refractivity contribution in [1.29, 1.82) is 0 Å². The summed E-state index contributed by atoms with van der Waals surface area (Å²) in [5.74, 6) is -1.83. The first-order chi connectivity index (χ1) is 13.7. The number of halogens is 6. The lowest BCUT2D eigenvalue weighted by atomic mass is 10.1. The molecule has 0 saturated carbocycles. The van der Waals surface area contributed by atoms with Gasteiger partial charge in [0, 0.05) is 0 Å². The van der Waals surface area contributed by atoms with E-state index in [2.05, 4.69) is 8.92 Å². The highest BCUT2D eigenvalue weighted by Crippen LogP contribution is 2.30. The molecule has 0 aromatic heterocycles. The molecule has 0 aliphatic heterocycles. The van der Waals surface area contributed by atoms with Gasteiger partial charge in [0.25, 0.3) is 0 Å². The van der Waals surface area contributed by atoms with Crippen molar-refractivity contribution in [2.45, 2.75) is 44.0 Å². The van der Waals surface area contributed by atoms with Crippen LogP contribution in [0, 0.1) is 0 Å². The predicted octanol–water partition coefficient (Wildman–Crippen LogP) is 5.35. The van der Waals surface area contributed by atoms with Crippen molar-refractivity contribution in [2.75, 3.05) is 0 Å². The summed E-state index contributed by atoms with van der Waals surface area (Å²) in [7, 11) is -5.86. The van der Waals surface area contributed by atoms with Gasteiger partial charge in [-0.05, 0) is 47.9 Å². The smallest absolute Gasteiger partial charge is 0.449 e. The number of benzene rings is 2. The van der Waals surface area contributed by atoms with Crippen LogP contribution in [0.15, 0.2) is 36.4 Å². The zero-order valence-electron chi connectivity index (χ0n) is 15.4. The largest absolute Gasteiger partial charge is 0.534 e. The van der Waals surface area contributed by atoms with Crippen molar-refractivity contribution in [3.63, 3.8) is 0 Å². The molecule has 166 valence electrons. The van der Waals surface area contributed by atoms with Crippen LogP contribution in [-0.4, -0.2) is 32.2 Å². The van der Waals surface area contributed by atoms with Gasteiger partial charge >= 0.3 is 27.8 Å². The fourth-order valence-corrected chi connectivity index (χ4v) is 2.90. The van der Waals surface area contributed by atoms with Crippen LogP contribution in [0.4, 0.5) is 26.3 Å². The van der Waals surface area contributed by atoms with Crippen molar-refractivity contribution in [1.82, 2.24) is 0 Å². The second-order valence-electron chi connectivity index (χ2n) is 6.28. The van der Waals surface area contributed by atoms with Gasteiger partial charge in [-0.3, -0.25) is 0 Å². The number of unbranched alkanes of at least 4 members (excludes halogenated alkanes) is 1. The average molecular weight is 458 g/mol. The third-order valence-electron chi connectivity index (χ3n) is 3.97.